The van der Waals surface area contributed by atoms with Crippen molar-refractivity contribution in [2.45, 2.75) is 57.1 Å². The number of amides is 1. The minimum absolute atomic E-state index is 0.00468. The number of benzene rings is 2. The van der Waals surface area contributed by atoms with E-state index in [0.29, 0.717) is 19.4 Å². The van der Waals surface area contributed by atoms with Crippen LogP contribution < -0.4 is 0 Å². The van der Waals surface area contributed by atoms with Gasteiger partial charge >= 0.3 is 5.97 Å². The summed E-state index contributed by atoms with van der Waals surface area (Å²) >= 11 is 0. The molecular weight excluding hydrogens is 390 g/mol. The van der Waals surface area contributed by atoms with E-state index in [1.807, 2.05) is 65.6 Å². The molecule has 0 bridgehead atoms. The second-order valence-electron chi connectivity index (χ2n) is 8.03. The van der Waals surface area contributed by atoms with Crippen LogP contribution in [0.2, 0.25) is 0 Å². The lowest BCUT2D eigenvalue weighted by molar-refractivity contribution is -0.137. The van der Waals surface area contributed by atoms with E-state index in [9.17, 15) is 14.7 Å². The molecule has 1 aliphatic rings. The van der Waals surface area contributed by atoms with Crippen LogP contribution in [0, 0.1) is 0 Å². The molecule has 0 aromatic heterocycles. The molecule has 2 aromatic rings. The fraction of sp³-hybridized carbons (Fsp3) is 0.385. The monoisotopic (exact) mass is 421 g/mol. The Bertz CT molecular complexity index is 893. The summed E-state index contributed by atoms with van der Waals surface area (Å²) in [4.78, 5) is 24.8. The maximum Gasteiger partial charge on any atom is 0.303 e. The summed E-state index contributed by atoms with van der Waals surface area (Å²) in [6.45, 7) is 0.678. The fourth-order valence-electron chi connectivity index (χ4n) is 4.13. The average molecular weight is 422 g/mol. The third kappa shape index (κ3) is 6.53. The molecule has 5 heteroatoms. The van der Waals surface area contributed by atoms with Gasteiger partial charge in [-0.05, 0) is 36.0 Å². The van der Waals surface area contributed by atoms with Gasteiger partial charge in [0, 0.05) is 19.4 Å². The van der Waals surface area contributed by atoms with Crippen molar-refractivity contribution in [2.24, 2.45) is 0 Å². The highest BCUT2D eigenvalue weighted by Gasteiger charge is 2.28. The molecule has 2 aromatic carbocycles. The van der Waals surface area contributed by atoms with Crippen molar-refractivity contribution in [1.29, 1.82) is 0 Å². The van der Waals surface area contributed by atoms with Gasteiger partial charge in [-0.25, -0.2) is 0 Å². The zero-order valence-electron chi connectivity index (χ0n) is 17.8. The number of carboxylic acids is 1. The number of carboxylic acid groups (broad SMARTS) is 1. The van der Waals surface area contributed by atoms with Crippen LogP contribution in [-0.2, 0) is 9.59 Å². The molecule has 164 valence electrons. The number of rotatable bonds is 11. The molecular formula is C26H31NO4. The predicted molar refractivity (Wildman–Crippen MR) is 121 cm³/mol. The molecule has 2 N–H and O–H groups in total. The van der Waals surface area contributed by atoms with Gasteiger partial charge < -0.3 is 15.1 Å². The first kappa shape index (κ1) is 22.8. The summed E-state index contributed by atoms with van der Waals surface area (Å²) < 4.78 is 0. The summed E-state index contributed by atoms with van der Waals surface area (Å²) in [7, 11) is 0. The highest BCUT2D eigenvalue weighted by Crippen LogP contribution is 2.29. The molecule has 2 atom stereocenters. The zero-order valence-corrected chi connectivity index (χ0v) is 17.8. The van der Waals surface area contributed by atoms with Crippen LogP contribution in [0.4, 0.5) is 0 Å². The summed E-state index contributed by atoms with van der Waals surface area (Å²) in [6.07, 6.45) is 7.85. The largest absolute Gasteiger partial charge is 0.481 e. The molecule has 1 saturated heterocycles. The SMILES string of the molecule is O=C(O)CCCCCCN1C(=O)CC[C@@H]1C=CC(O)c1ccccc1-c1ccccc1. The van der Waals surface area contributed by atoms with Crippen LogP contribution in [0.25, 0.3) is 11.1 Å². The maximum absolute atomic E-state index is 12.3. The van der Waals surface area contributed by atoms with Gasteiger partial charge in [0.25, 0.3) is 0 Å². The Hall–Kier alpha value is -2.92. The van der Waals surface area contributed by atoms with Gasteiger partial charge in [-0.3, -0.25) is 9.59 Å². The van der Waals surface area contributed by atoms with Crippen molar-refractivity contribution >= 4 is 11.9 Å². The van der Waals surface area contributed by atoms with E-state index in [4.69, 9.17) is 5.11 Å². The molecule has 0 spiro atoms. The lowest BCUT2D eigenvalue weighted by atomic mass is 9.95. The Labute approximate surface area is 184 Å². The van der Waals surface area contributed by atoms with Crippen LogP contribution in [0.1, 0.15) is 56.6 Å². The second kappa shape index (κ2) is 11.5. The fourth-order valence-corrected chi connectivity index (χ4v) is 4.13. The lowest BCUT2D eigenvalue weighted by Crippen LogP contribution is -2.32. The third-order valence-electron chi connectivity index (χ3n) is 5.79. The van der Waals surface area contributed by atoms with Crippen molar-refractivity contribution < 1.29 is 19.8 Å². The van der Waals surface area contributed by atoms with E-state index in [2.05, 4.69) is 0 Å². The molecule has 1 fully saturated rings. The topological polar surface area (TPSA) is 77.8 Å². The average Bonchev–Trinajstić information content (AvgIpc) is 3.14. The Morgan fingerprint density at radius 2 is 1.74 bits per heavy atom. The van der Waals surface area contributed by atoms with Gasteiger partial charge in [0.2, 0.25) is 5.91 Å². The van der Waals surface area contributed by atoms with Crippen molar-refractivity contribution in [3.63, 3.8) is 0 Å². The number of aliphatic hydroxyl groups is 1. The van der Waals surface area contributed by atoms with E-state index in [1.165, 1.54) is 0 Å². The number of carbonyl (C=O) groups is 2. The number of carbonyl (C=O) groups excluding carboxylic acids is 1. The first-order chi connectivity index (χ1) is 15.1. The quantitative estimate of drug-likeness (QED) is 0.397. The number of unbranched alkanes of at least 4 members (excludes halogenated alkanes) is 3. The first-order valence-corrected chi connectivity index (χ1v) is 11.1. The standard InChI is InChI=1S/C26H31NO4/c28-24(23-13-8-7-12-22(23)20-10-4-3-5-11-20)17-15-21-16-18-25(29)27(21)19-9-2-1-6-14-26(30)31/h3-5,7-8,10-13,15,17,21,24,28H,1-2,6,9,14,16,18-19H2,(H,30,31)/t21-,24?/m0/s1. The van der Waals surface area contributed by atoms with Crippen molar-refractivity contribution in [2.75, 3.05) is 6.54 Å². The maximum atomic E-state index is 12.3. The Morgan fingerprint density at radius 1 is 1.03 bits per heavy atom. The van der Waals surface area contributed by atoms with Gasteiger partial charge in [0.15, 0.2) is 0 Å². The highest BCUT2D eigenvalue weighted by atomic mass is 16.4. The summed E-state index contributed by atoms with van der Waals surface area (Å²) in [5.74, 6) is -0.605. The first-order valence-electron chi connectivity index (χ1n) is 11.1. The molecule has 31 heavy (non-hydrogen) atoms. The Kier molecular flexibility index (Phi) is 8.42. The summed E-state index contributed by atoms with van der Waals surface area (Å²) in [5, 5.41) is 19.6. The molecule has 0 saturated carbocycles. The smallest absolute Gasteiger partial charge is 0.303 e. The minimum atomic E-state index is -0.757. The van der Waals surface area contributed by atoms with Crippen LogP contribution in [0.15, 0.2) is 66.7 Å². The molecule has 1 heterocycles. The summed E-state index contributed by atoms with van der Waals surface area (Å²) in [6, 6.07) is 17.8. The predicted octanol–water partition coefficient (Wildman–Crippen LogP) is 4.97. The van der Waals surface area contributed by atoms with Gasteiger partial charge in [-0.1, -0.05) is 79.6 Å². The van der Waals surface area contributed by atoms with E-state index in [-0.39, 0.29) is 18.4 Å². The number of hydrogen-bond acceptors (Lipinski definition) is 3. The molecule has 5 nitrogen and oxygen atoms in total. The van der Waals surface area contributed by atoms with E-state index < -0.39 is 12.1 Å². The van der Waals surface area contributed by atoms with E-state index >= 15 is 0 Å². The van der Waals surface area contributed by atoms with Crippen molar-refractivity contribution in [3.8, 4) is 11.1 Å². The Morgan fingerprint density at radius 3 is 2.52 bits per heavy atom. The molecule has 0 aliphatic carbocycles. The molecule has 3 rings (SSSR count). The minimum Gasteiger partial charge on any atom is -0.481 e. The van der Waals surface area contributed by atoms with Gasteiger partial charge in [0.1, 0.15) is 0 Å². The normalized spacial score (nSPS) is 17.4. The third-order valence-corrected chi connectivity index (χ3v) is 5.79. The highest BCUT2D eigenvalue weighted by molar-refractivity contribution is 5.79. The van der Waals surface area contributed by atoms with Crippen LogP contribution >= 0.6 is 0 Å². The van der Waals surface area contributed by atoms with Gasteiger partial charge in [-0.15, -0.1) is 0 Å². The Balaban J connectivity index is 1.59. The molecule has 1 aliphatic heterocycles. The second-order valence-corrected chi connectivity index (χ2v) is 8.03. The zero-order chi connectivity index (χ0) is 22.1. The van der Waals surface area contributed by atoms with Crippen LogP contribution in [0.3, 0.4) is 0 Å². The van der Waals surface area contributed by atoms with E-state index in [0.717, 1.165) is 42.4 Å². The number of hydrogen-bond donors (Lipinski definition) is 2. The molecule has 1 unspecified atom stereocenters. The van der Waals surface area contributed by atoms with Gasteiger partial charge in [-0.2, -0.15) is 0 Å². The van der Waals surface area contributed by atoms with Crippen LogP contribution in [-0.4, -0.2) is 39.6 Å². The number of aliphatic carboxylic acids is 1. The number of aliphatic hydroxyl groups excluding tert-OH is 1. The van der Waals surface area contributed by atoms with Crippen molar-refractivity contribution in [1.82, 2.24) is 4.90 Å². The number of likely N-dealkylation sites (tertiary alicyclic amines) is 1. The summed E-state index contributed by atoms with van der Waals surface area (Å²) in [5.41, 5.74) is 2.91. The lowest BCUT2D eigenvalue weighted by Gasteiger charge is -2.23. The van der Waals surface area contributed by atoms with Crippen molar-refractivity contribution in [3.05, 3.63) is 72.3 Å². The number of nitrogens with zero attached hydrogens (tertiary/aromatic N) is 1. The van der Waals surface area contributed by atoms with Gasteiger partial charge in [0.05, 0.1) is 12.1 Å². The van der Waals surface area contributed by atoms with Crippen LogP contribution in [0.5, 0.6) is 0 Å². The van der Waals surface area contributed by atoms with E-state index in [1.54, 1.807) is 6.08 Å². The molecule has 1 amide bonds. The molecule has 0 radical (unpaired) electrons.